The van der Waals surface area contributed by atoms with E-state index in [0.29, 0.717) is 18.4 Å². The number of unbranched alkanes of at least 4 members (excludes halogenated alkanes) is 1. The summed E-state index contributed by atoms with van der Waals surface area (Å²) in [7, 11) is 1.38. The maximum absolute atomic E-state index is 13.1. The fourth-order valence-electron chi connectivity index (χ4n) is 5.61. The molecule has 14 heteroatoms. The van der Waals surface area contributed by atoms with Crippen molar-refractivity contribution in [3.05, 3.63) is 63.2 Å². The first kappa shape index (κ1) is 37.7. The molecule has 14 nitrogen and oxygen atoms in total. The Kier molecular flexibility index (Phi) is 13.6. The molecule has 0 radical (unpaired) electrons. The molecule has 2 atom stereocenters. The Balaban J connectivity index is 0.000000258. The molecule has 0 aromatic heterocycles. The minimum atomic E-state index is -1.09. The quantitative estimate of drug-likeness (QED) is 0.149. The van der Waals surface area contributed by atoms with Gasteiger partial charge < -0.3 is 45.5 Å². The lowest BCUT2D eigenvalue weighted by molar-refractivity contribution is -0.133. The third-order valence-corrected chi connectivity index (χ3v) is 8.12. The molecule has 7 N–H and O–H groups in total. The number of hydrogen-bond donors (Lipinski definition) is 6. The van der Waals surface area contributed by atoms with Crippen LogP contribution in [0.2, 0.25) is 0 Å². The Bertz CT molecular complexity index is 1570. The number of aliphatic hydroxyl groups excluding tert-OH is 2. The molecule has 48 heavy (non-hydrogen) atoms. The molecule has 2 aromatic carbocycles. The molecule has 1 aliphatic heterocycles. The number of fused-ring (bicyclic) bond motifs is 3. The van der Waals surface area contributed by atoms with Crippen LogP contribution in [0.4, 0.5) is 4.79 Å². The van der Waals surface area contributed by atoms with E-state index in [9.17, 15) is 34.2 Å². The minimum absolute atomic E-state index is 0.0562. The van der Waals surface area contributed by atoms with E-state index in [-0.39, 0.29) is 75.9 Å². The monoisotopic (exact) mass is 671 g/mol. The molecule has 3 aliphatic rings. The molecule has 0 saturated carbocycles. The highest BCUT2D eigenvalue weighted by molar-refractivity contribution is 6.31. The third-order valence-electron chi connectivity index (χ3n) is 8.12. The van der Waals surface area contributed by atoms with Crippen LogP contribution in [0.25, 0.3) is 0 Å². The Hall–Kier alpha value is -4.79. The van der Waals surface area contributed by atoms with Crippen molar-refractivity contribution >= 4 is 29.4 Å². The molecule has 1 saturated heterocycles. The van der Waals surface area contributed by atoms with Crippen LogP contribution in [-0.2, 0) is 31.9 Å². The van der Waals surface area contributed by atoms with E-state index in [1.165, 1.54) is 19.3 Å². The Morgan fingerprint density at radius 1 is 1.02 bits per heavy atom. The summed E-state index contributed by atoms with van der Waals surface area (Å²) < 4.78 is 14.4. The molecule has 1 fully saturated rings. The van der Waals surface area contributed by atoms with Crippen LogP contribution in [-0.4, -0.2) is 88.2 Å². The molecule has 1 amide bonds. The van der Waals surface area contributed by atoms with Crippen LogP contribution in [0.15, 0.2) is 29.8 Å². The van der Waals surface area contributed by atoms with Crippen LogP contribution in [0, 0.1) is 5.92 Å². The number of nitrogens with two attached hydrogens (primary N) is 1. The van der Waals surface area contributed by atoms with Gasteiger partial charge in [-0.2, -0.15) is 0 Å². The molecule has 0 bridgehead atoms. The number of primary amides is 1. The zero-order chi connectivity index (χ0) is 35.5. The number of ether oxygens (including phenoxy) is 3. The van der Waals surface area contributed by atoms with Gasteiger partial charge in [0.05, 0.1) is 29.4 Å². The highest BCUT2D eigenvalue weighted by Gasteiger charge is 2.41. The van der Waals surface area contributed by atoms with Gasteiger partial charge in [0.2, 0.25) is 5.78 Å². The van der Waals surface area contributed by atoms with Crippen molar-refractivity contribution in [2.75, 3.05) is 26.9 Å². The molecular formula is C34H41NO13. The summed E-state index contributed by atoms with van der Waals surface area (Å²) in [6, 6.07) is 4.59. The van der Waals surface area contributed by atoms with E-state index in [2.05, 4.69) is 10.5 Å². The van der Waals surface area contributed by atoms with E-state index >= 15 is 0 Å². The van der Waals surface area contributed by atoms with Crippen LogP contribution in [0.1, 0.15) is 88.4 Å². The predicted octanol–water partition coefficient (Wildman–Crippen LogP) is 2.95. The minimum Gasteiger partial charge on any atom is -0.507 e. The number of amides is 1. The number of carbonyl (C=O) groups is 5. The van der Waals surface area contributed by atoms with Crippen molar-refractivity contribution in [3.8, 4) is 17.2 Å². The standard InChI is InChI=1S/C21H18O7.C8H13NO4.C5H10O2/c1-28-14-4-2-3-11-15(14)21(27)17-16(19(11)25)20(26)12-7-9(13(23)8-22)5-6-10(12)18(17)24;1-2-3-4-6(7(10)11)5-13-8(9)12;6-5-3-1-2-4-7-5/h2-4,9,22,24,26H,5-8H2,1H3;4H,2-3,5H2,1H3,(H2,9,12)(H,10,11);5-6H,1-4H2/b;6-4-;. The lowest BCUT2D eigenvalue weighted by atomic mass is 9.75. The second-order valence-corrected chi connectivity index (χ2v) is 11.3. The van der Waals surface area contributed by atoms with Gasteiger partial charge in [-0.05, 0) is 51.0 Å². The van der Waals surface area contributed by atoms with E-state index in [1.807, 2.05) is 6.92 Å². The number of benzene rings is 2. The zero-order valence-corrected chi connectivity index (χ0v) is 26.8. The number of aromatic hydroxyl groups is 2. The maximum Gasteiger partial charge on any atom is 0.404 e. The highest BCUT2D eigenvalue weighted by atomic mass is 16.6. The van der Waals surface area contributed by atoms with Crippen molar-refractivity contribution in [2.24, 2.45) is 11.7 Å². The van der Waals surface area contributed by atoms with Gasteiger partial charge in [-0.3, -0.25) is 14.4 Å². The molecule has 1 heterocycles. The number of hydrogen-bond acceptors (Lipinski definition) is 12. The van der Waals surface area contributed by atoms with Gasteiger partial charge in [-0.15, -0.1) is 0 Å². The number of phenolic OH excluding ortho intramolecular Hbond substituents is 2. The van der Waals surface area contributed by atoms with Crippen molar-refractivity contribution in [1.29, 1.82) is 0 Å². The summed E-state index contributed by atoms with van der Waals surface area (Å²) in [6.45, 7) is 1.78. The number of phenols is 2. The number of allylic oxidation sites excluding steroid dienone is 1. The first-order chi connectivity index (χ1) is 22.9. The Labute approximate surface area is 276 Å². The van der Waals surface area contributed by atoms with Crippen LogP contribution < -0.4 is 10.5 Å². The number of rotatable bonds is 8. The summed E-state index contributed by atoms with van der Waals surface area (Å²) >= 11 is 0. The lowest BCUT2D eigenvalue weighted by Crippen LogP contribution is -2.28. The largest absolute Gasteiger partial charge is 0.507 e. The summed E-state index contributed by atoms with van der Waals surface area (Å²) in [5, 5.41) is 48.0. The fourth-order valence-corrected chi connectivity index (χ4v) is 5.61. The summed E-state index contributed by atoms with van der Waals surface area (Å²) in [5.74, 6) is -3.65. The molecule has 5 rings (SSSR count). The highest BCUT2D eigenvalue weighted by Crippen LogP contribution is 2.47. The van der Waals surface area contributed by atoms with Gasteiger partial charge in [0.15, 0.2) is 17.9 Å². The van der Waals surface area contributed by atoms with Gasteiger partial charge in [0.25, 0.3) is 0 Å². The van der Waals surface area contributed by atoms with E-state index in [0.717, 1.165) is 32.3 Å². The smallest absolute Gasteiger partial charge is 0.404 e. The number of carbonyl (C=O) groups excluding carboxylic acids is 4. The average Bonchev–Trinajstić information content (AvgIpc) is 3.08. The first-order valence-electron chi connectivity index (χ1n) is 15.5. The van der Waals surface area contributed by atoms with Crippen LogP contribution in [0.3, 0.4) is 0 Å². The number of Topliss-reactive ketones (excluding diaryl/α,β-unsaturated/α-hetero) is 1. The number of aliphatic hydroxyl groups is 2. The first-order valence-corrected chi connectivity index (χ1v) is 15.5. The van der Waals surface area contributed by atoms with Gasteiger partial charge in [0.1, 0.15) is 30.5 Å². The average molecular weight is 672 g/mol. The number of aliphatic carboxylic acids is 1. The second kappa shape index (κ2) is 17.4. The number of carboxylic acids is 1. The van der Waals surface area contributed by atoms with E-state index in [1.54, 1.807) is 12.1 Å². The topological polar surface area (TPSA) is 240 Å². The van der Waals surface area contributed by atoms with Crippen LogP contribution >= 0.6 is 0 Å². The van der Waals surface area contributed by atoms with Gasteiger partial charge >= 0.3 is 12.1 Å². The van der Waals surface area contributed by atoms with Crippen molar-refractivity contribution in [2.45, 2.75) is 64.6 Å². The summed E-state index contributed by atoms with van der Waals surface area (Å²) in [4.78, 5) is 58.8. The van der Waals surface area contributed by atoms with E-state index in [4.69, 9.17) is 24.8 Å². The number of carboxylic acid groups (broad SMARTS) is 1. The van der Waals surface area contributed by atoms with Gasteiger partial charge in [-0.1, -0.05) is 31.6 Å². The van der Waals surface area contributed by atoms with Gasteiger partial charge in [0, 0.05) is 29.2 Å². The SMILES string of the molecule is CCC/C=C(/COC(N)=O)C(=O)O.COc1cccc2c1C(=O)c1c(O)c3c(c(O)c1C2=O)CC(C(=O)CO)CC3.OC1CCCCO1. The zero-order valence-electron chi connectivity index (χ0n) is 26.8. The normalized spacial score (nSPS) is 18.0. The molecule has 2 aliphatic carbocycles. The fraction of sp³-hybridized carbons (Fsp3) is 0.441. The maximum atomic E-state index is 13.1. The van der Waals surface area contributed by atoms with Crippen molar-refractivity contribution in [1.82, 2.24) is 0 Å². The Morgan fingerprint density at radius 2 is 1.71 bits per heavy atom. The molecular weight excluding hydrogens is 630 g/mol. The Morgan fingerprint density at radius 3 is 2.25 bits per heavy atom. The van der Waals surface area contributed by atoms with Crippen molar-refractivity contribution < 1.29 is 63.7 Å². The molecule has 2 unspecified atom stereocenters. The molecule has 2 aromatic rings. The summed E-state index contributed by atoms with van der Waals surface area (Å²) in [5.41, 5.74) is 5.05. The number of methoxy groups -OCH3 is 1. The molecule has 260 valence electrons. The number of ketones is 3. The lowest BCUT2D eigenvalue weighted by Gasteiger charge is -2.29. The molecule has 0 spiro atoms. The van der Waals surface area contributed by atoms with Crippen molar-refractivity contribution in [3.63, 3.8) is 0 Å². The van der Waals surface area contributed by atoms with E-state index < -0.39 is 42.4 Å². The predicted molar refractivity (Wildman–Crippen MR) is 169 cm³/mol. The van der Waals surface area contributed by atoms with Crippen LogP contribution in [0.5, 0.6) is 17.2 Å². The summed E-state index contributed by atoms with van der Waals surface area (Å²) in [6.07, 6.45) is 5.32. The van der Waals surface area contributed by atoms with Gasteiger partial charge in [-0.25, -0.2) is 9.59 Å². The third kappa shape index (κ3) is 8.76. The second-order valence-electron chi connectivity index (χ2n) is 11.3.